The van der Waals surface area contributed by atoms with Gasteiger partial charge < -0.3 is 0 Å². The molecule has 0 unspecified atom stereocenters. The van der Waals surface area contributed by atoms with Gasteiger partial charge in [-0.15, -0.1) is 0 Å². The van der Waals surface area contributed by atoms with Gasteiger partial charge in [-0.2, -0.15) is 30.4 Å². The molecule has 0 saturated heterocycles. The molecule has 12 heteroatoms. The molecule has 0 aliphatic heterocycles. The highest BCUT2D eigenvalue weighted by atomic mass is 32.2. The Morgan fingerprint density at radius 2 is 1.71 bits per heavy atom. The minimum atomic E-state index is -6.19. The van der Waals surface area contributed by atoms with Crippen molar-refractivity contribution in [2.75, 3.05) is 6.61 Å². The molecular weight excluding hydrogens is 335 g/mol. The Bertz CT molecular complexity index is 582. The molecule has 120 valence electrons. The molecule has 0 spiro atoms. The molecule has 4 nitrogen and oxygen atoms in total. The fourth-order valence-corrected chi connectivity index (χ4v) is 1.48. The molecule has 1 rings (SSSR count). The van der Waals surface area contributed by atoms with Crippen LogP contribution in [-0.4, -0.2) is 25.5 Å². The van der Waals surface area contributed by atoms with Crippen molar-refractivity contribution >= 4 is 10.1 Å². The van der Waals surface area contributed by atoms with Crippen LogP contribution in [0.1, 0.15) is 17.7 Å². The van der Waals surface area contributed by atoms with Crippen LogP contribution in [0.5, 0.6) is 0 Å². The molecule has 0 radical (unpaired) electrons. The van der Waals surface area contributed by atoms with Crippen molar-refractivity contribution in [1.82, 2.24) is 4.98 Å². The number of hydrogen-bond acceptors (Lipinski definition) is 4. The summed E-state index contributed by atoms with van der Waals surface area (Å²) in [6, 6.07) is 1.02. The quantitative estimate of drug-likeness (QED) is 0.469. The summed E-state index contributed by atoms with van der Waals surface area (Å²) >= 11 is 0. The van der Waals surface area contributed by atoms with Gasteiger partial charge in [0.05, 0.1) is 0 Å². The lowest BCUT2D eigenvalue weighted by Crippen LogP contribution is -2.31. The Labute approximate surface area is 113 Å². The summed E-state index contributed by atoms with van der Waals surface area (Å²) in [7, 11) is -6.19. The lowest BCUT2D eigenvalue weighted by molar-refractivity contribution is -0.0762. The maximum Gasteiger partial charge on any atom is 0.523 e. The topological polar surface area (TPSA) is 56.3 Å². The summed E-state index contributed by atoms with van der Waals surface area (Å²) in [5, 5.41) is 0. The van der Waals surface area contributed by atoms with Gasteiger partial charge in [0, 0.05) is 11.8 Å². The highest BCUT2D eigenvalue weighted by Gasteiger charge is 2.49. The average molecular weight is 341 g/mol. The van der Waals surface area contributed by atoms with Crippen molar-refractivity contribution in [2.45, 2.75) is 17.9 Å². The van der Waals surface area contributed by atoms with Crippen LogP contribution in [0.25, 0.3) is 0 Å². The smallest absolute Gasteiger partial charge is 0.256 e. The predicted molar refractivity (Wildman–Crippen MR) is 54.0 cm³/mol. The van der Waals surface area contributed by atoms with Crippen LogP contribution in [0.15, 0.2) is 18.3 Å². The molecule has 0 saturated carbocycles. The zero-order chi connectivity index (χ0) is 16.5. The Hall–Kier alpha value is -1.43. The van der Waals surface area contributed by atoms with E-state index in [0.29, 0.717) is 18.3 Å². The molecule has 0 aliphatic carbocycles. The van der Waals surface area contributed by atoms with E-state index in [9.17, 15) is 39.2 Å². The first kappa shape index (κ1) is 17.6. The van der Waals surface area contributed by atoms with Gasteiger partial charge in [0.1, 0.15) is 12.3 Å². The number of pyridine rings is 1. The van der Waals surface area contributed by atoms with Gasteiger partial charge in [-0.1, -0.05) is 0 Å². The van der Waals surface area contributed by atoms with Crippen molar-refractivity contribution in [3.63, 3.8) is 0 Å². The predicted octanol–water partition coefficient (Wildman–Crippen LogP) is 2.98. The van der Waals surface area contributed by atoms with E-state index in [-0.39, 0.29) is 0 Å². The van der Waals surface area contributed by atoms with E-state index in [1.165, 1.54) is 0 Å². The van der Waals surface area contributed by atoms with Gasteiger partial charge in [0.25, 0.3) is 6.43 Å². The number of aromatic nitrogens is 1. The monoisotopic (exact) mass is 341 g/mol. The fraction of sp³-hybridized carbons (Fsp3) is 0.444. The summed E-state index contributed by atoms with van der Waals surface area (Å²) < 4.78 is 111. The third-order valence-electron chi connectivity index (χ3n) is 2.09. The largest absolute Gasteiger partial charge is 0.523 e. The van der Waals surface area contributed by atoms with E-state index in [4.69, 9.17) is 0 Å². The first-order valence-corrected chi connectivity index (χ1v) is 6.36. The minimum absolute atomic E-state index is 0.395. The molecular formula is C9H6F7NO3S. The van der Waals surface area contributed by atoms with E-state index >= 15 is 0 Å². The summed E-state index contributed by atoms with van der Waals surface area (Å²) in [5.41, 5.74) is -7.74. The van der Waals surface area contributed by atoms with Crippen LogP contribution in [0.2, 0.25) is 0 Å². The second-order valence-electron chi connectivity index (χ2n) is 3.64. The lowest BCUT2D eigenvalue weighted by Gasteiger charge is -2.16. The first-order chi connectivity index (χ1) is 9.37. The lowest BCUT2D eigenvalue weighted by atomic mass is 10.2. The molecule has 0 aromatic carbocycles. The molecule has 0 N–H and O–H groups in total. The zero-order valence-electron chi connectivity index (χ0n) is 9.74. The highest BCUT2D eigenvalue weighted by molar-refractivity contribution is 7.87. The molecule has 0 amide bonds. The van der Waals surface area contributed by atoms with Gasteiger partial charge >= 0.3 is 21.5 Å². The number of hydrogen-bond donors (Lipinski definition) is 0. The van der Waals surface area contributed by atoms with E-state index in [1.54, 1.807) is 0 Å². The second kappa shape index (κ2) is 5.75. The number of rotatable bonds is 5. The van der Waals surface area contributed by atoms with Crippen molar-refractivity contribution in [3.05, 3.63) is 29.6 Å². The molecule has 0 fully saturated rings. The van der Waals surface area contributed by atoms with Crippen LogP contribution >= 0.6 is 0 Å². The van der Waals surface area contributed by atoms with Crippen molar-refractivity contribution in [2.24, 2.45) is 0 Å². The van der Waals surface area contributed by atoms with Gasteiger partial charge in [0.2, 0.25) is 0 Å². The molecule has 1 aromatic rings. The van der Waals surface area contributed by atoms with Crippen LogP contribution in [0.3, 0.4) is 0 Å². The zero-order valence-corrected chi connectivity index (χ0v) is 10.6. The SMILES string of the molecule is O=S(=O)(OCC(F)(F)c1ccc(C(F)F)cn1)C(F)(F)F. The van der Waals surface area contributed by atoms with Crippen molar-refractivity contribution < 1.29 is 43.3 Å². The van der Waals surface area contributed by atoms with E-state index in [0.717, 1.165) is 0 Å². The molecule has 0 atom stereocenters. The summed E-state index contributed by atoms with van der Waals surface area (Å²) in [5.74, 6) is -4.21. The maximum atomic E-state index is 13.4. The van der Waals surface area contributed by atoms with Gasteiger partial charge in [-0.3, -0.25) is 9.17 Å². The summed E-state index contributed by atoms with van der Waals surface area (Å²) in [6.07, 6.45) is -2.58. The summed E-state index contributed by atoms with van der Waals surface area (Å²) in [4.78, 5) is 2.95. The normalized spacial score (nSPS) is 13.7. The second-order valence-corrected chi connectivity index (χ2v) is 5.25. The summed E-state index contributed by atoms with van der Waals surface area (Å²) in [6.45, 7) is -2.16. The fourth-order valence-electron chi connectivity index (χ4n) is 1.04. The third kappa shape index (κ3) is 4.27. The number of halogens is 7. The Morgan fingerprint density at radius 3 is 2.10 bits per heavy atom. The van der Waals surface area contributed by atoms with E-state index < -0.39 is 45.8 Å². The molecule has 0 aliphatic rings. The van der Waals surface area contributed by atoms with Crippen LogP contribution in [0.4, 0.5) is 30.7 Å². The Morgan fingerprint density at radius 1 is 1.14 bits per heavy atom. The maximum absolute atomic E-state index is 13.4. The van der Waals surface area contributed by atoms with Crippen LogP contribution in [-0.2, 0) is 20.2 Å². The van der Waals surface area contributed by atoms with Crippen molar-refractivity contribution in [1.29, 1.82) is 0 Å². The molecule has 21 heavy (non-hydrogen) atoms. The Balaban J connectivity index is 2.87. The van der Waals surface area contributed by atoms with Gasteiger partial charge in [-0.25, -0.2) is 8.78 Å². The van der Waals surface area contributed by atoms with E-state index in [1.807, 2.05) is 0 Å². The number of alkyl halides is 7. The number of nitrogens with zero attached hydrogens (tertiary/aromatic N) is 1. The van der Waals surface area contributed by atoms with Gasteiger partial charge in [-0.05, 0) is 12.1 Å². The standard InChI is InChI=1S/C9H6F7NO3S/c10-7(11)5-1-2-6(17-3-5)8(12,13)4-20-21(18,19)9(14,15)16/h1-3,7H,4H2. The minimum Gasteiger partial charge on any atom is -0.256 e. The van der Waals surface area contributed by atoms with Crippen LogP contribution < -0.4 is 0 Å². The molecule has 1 aromatic heterocycles. The van der Waals surface area contributed by atoms with Gasteiger partial charge in [0.15, 0.2) is 0 Å². The molecule has 1 heterocycles. The first-order valence-electron chi connectivity index (χ1n) is 4.95. The van der Waals surface area contributed by atoms with E-state index in [2.05, 4.69) is 9.17 Å². The molecule has 0 bridgehead atoms. The van der Waals surface area contributed by atoms with Crippen molar-refractivity contribution in [3.8, 4) is 0 Å². The Kier molecular flexibility index (Phi) is 4.83. The average Bonchev–Trinajstić information content (AvgIpc) is 2.35. The van der Waals surface area contributed by atoms with Crippen LogP contribution in [0, 0.1) is 0 Å². The third-order valence-corrected chi connectivity index (χ3v) is 3.09. The highest BCUT2D eigenvalue weighted by Crippen LogP contribution is 2.31.